The van der Waals surface area contributed by atoms with Crippen molar-refractivity contribution in [3.8, 4) is 17.0 Å². The number of esters is 3. The average molecular weight is 464 g/mol. The summed E-state index contributed by atoms with van der Waals surface area (Å²) in [7, 11) is 0. The molecule has 4 atom stereocenters. The zero-order valence-electron chi connectivity index (χ0n) is 17.5. The quantitative estimate of drug-likeness (QED) is 0.359. The molecule has 0 aromatic carbocycles. The van der Waals surface area contributed by atoms with Gasteiger partial charge in [0.25, 0.3) is 0 Å². The number of aromatic nitrogens is 2. The van der Waals surface area contributed by atoms with E-state index >= 15 is 0 Å². The molecule has 32 heavy (non-hydrogen) atoms. The zero-order valence-corrected chi connectivity index (χ0v) is 18.3. The first-order valence-electron chi connectivity index (χ1n) is 9.61. The van der Waals surface area contributed by atoms with Crippen LogP contribution in [0.3, 0.4) is 0 Å². The summed E-state index contributed by atoms with van der Waals surface area (Å²) >= 11 is 1.23. The first kappa shape index (κ1) is 23.5. The molecule has 11 heteroatoms. The largest absolute Gasteiger partial charge is 0.474 e. The van der Waals surface area contributed by atoms with Crippen LogP contribution in [-0.4, -0.2) is 57.4 Å². The number of hydrogen-bond acceptors (Lipinski definition) is 10. The van der Waals surface area contributed by atoms with E-state index in [0.717, 1.165) is 0 Å². The molecule has 3 heterocycles. The van der Waals surface area contributed by atoms with Gasteiger partial charge < -0.3 is 18.9 Å². The van der Waals surface area contributed by atoms with Gasteiger partial charge in [-0.1, -0.05) is 0 Å². The Morgan fingerprint density at radius 1 is 0.969 bits per heavy atom. The molecule has 1 saturated heterocycles. The minimum atomic E-state index is -1.05. The molecule has 9 nitrogen and oxygen atoms in total. The van der Waals surface area contributed by atoms with E-state index in [-0.39, 0.29) is 11.3 Å². The van der Waals surface area contributed by atoms with Gasteiger partial charge in [-0.25, -0.2) is 4.98 Å². The standard InChI is InChI=1S/C21H21FN2O7S/c1-11(25)28-17-10-32-21(19(30-13(3)27)18(17)29-12(2)26)31-14-6-7-16(24-9-14)15-5-4-8-23-20(15)22/h4-9,17-19,21H,10H2,1-3H3/t17-,18+,19-,21+/m1/s1. The lowest BCUT2D eigenvalue weighted by Crippen LogP contribution is -2.55. The molecule has 1 fully saturated rings. The van der Waals surface area contributed by atoms with Crippen molar-refractivity contribution in [2.75, 3.05) is 5.75 Å². The van der Waals surface area contributed by atoms with Gasteiger partial charge in [0.2, 0.25) is 5.95 Å². The molecule has 170 valence electrons. The second-order valence-corrected chi connectivity index (χ2v) is 7.97. The third-order valence-corrected chi connectivity index (χ3v) is 5.54. The molecular weight excluding hydrogens is 443 g/mol. The van der Waals surface area contributed by atoms with Crippen LogP contribution in [0.1, 0.15) is 20.8 Å². The fourth-order valence-corrected chi connectivity index (χ4v) is 4.35. The topological polar surface area (TPSA) is 114 Å². The van der Waals surface area contributed by atoms with Crippen molar-refractivity contribution in [1.82, 2.24) is 9.97 Å². The molecular formula is C21H21FN2O7S. The number of nitrogens with zero attached hydrogens (tertiary/aromatic N) is 2. The molecule has 2 aromatic rings. The van der Waals surface area contributed by atoms with Gasteiger partial charge in [0, 0.05) is 32.7 Å². The van der Waals surface area contributed by atoms with E-state index in [2.05, 4.69) is 9.97 Å². The summed E-state index contributed by atoms with van der Waals surface area (Å²) in [6, 6.07) is 6.30. The molecule has 0 bridgehead atoms. The third-order valence-electron chi connectivity index (χ3n) is 4.33. The maximum Gasteiger partial charge on any atom is 0.303 e. The van der Waals surface area contributed by atoms with E-state index < -0.39 is 47.6 Å². The monoisotopic (exact) mass is 464 g/mol. The molecule has 0 N–H and O–H groups in total. The van der Waals surface area contributed by atoms with Gasteiger partial charge in [0.1, 0.15) is 5.75 Å². The van der Waals surface area contributed by atoms with E-state index in [9.17, 15) is 18.8 Å². The summed E-state index contributed by atoms with van der Waals surface area (Å²) in [6.07, 6.45) is -0.182. The van der Waals surface area contributed by atoms with Crippen molar-refractivity contribution in [3.05, 3.63) is 42.6 Å². The van der Waals surface area contributed by atoms with E-state index in [0.29, 0.717) is 11.4 Å². The van der Waals surface area contributed by atoms with Gasteiger partial charge in [0.05, 0.1) is 17.5 Å². The first-order chi connectivity index (χ1) is 15.2. The summed E-state index contributed by atoms with van der Waals surface area (Å²) in [4.78, 5) is 42.6. The number of pyridine rings is 2. The van der Waals surface area contributed by atoms with Gasteiger partial charge in [-0.15, -0.1) is 11.8 Å². The van der Waals surface area contributed by atoms with E-state index in [1.54, 1.807) is 24.3 Å². The third kappa shape index (κ3) is 5.94. The van der Waals surface area contributed by atoms with Gasteiger partial charge in [-0.05, 0) is 24.3 Å². The molecule has 0 unspecified atom stereocenters. The maximum absolute atomic E-state index is 13.9. The summed E-state index contributed by atoms with van der Waals surface area (Å²) in [5, 5.41) is 0. The smallest absolute Gasteiger partial charge is 0.303 e. The van der Waals surface area contributed by atoms with Crippen LogP contribution in [-0.2, 0) is 28.6 Å². The average Bonchev–Trinajstić information content (AvgIpc) is 2.72. The summed E-state index contributed by atoms with van der Waals surface area (Å²) in [6.45, 7) is 3.64. The van der Waals surface area contributed by atoms with Crippen molar-refractivity contribution in [2.45, 2.75) is 44.5 Å². The lowest BCUT2D eigenvalue weighted by atomic mass is 10.1. The zero-order chi connectivity index (χ0) is 23.3. The number of ether oxygens (including phenoxy) is 4. The van der Waals surface area contributed by atoms with Crippen LogP contribution >= 0.6 is 11.8 Å². The molecule has 0 aliphatic carbocycles. The summed E-state index contributed by atoms with van der Waals surface area (Å²) in [5.41, 5.74) is -0.177. The van der Waals surface area contributed by atoms with Crippen LogP contribution in [0.25, 0.3) is 11.3 Å². The second kappa shape index (κ2) is 10.4. The molecule has 3 rings (SSSR count). The maximum atomic E-state index is 13.9. The highest BCUT2D eigenvalue weighted by atomic mass is 32.2. The Balaban J connectivity index is 1.82. The van der Waals surface area contributed by atoms with Gasteiger partial charge in [-0.2, -0.15) is 4.39 Å². The van der Waals surface area contributed by atoms with Crippen LogP contribution in [0.5, 0.6) is 5.75 Å². The Hall–Kier alpha value is -3.21. The Bertz CT molecular complexity index is 988. The van der Waals surface area contributed by atoms with Gasteiger partial charge in [0.15, 0.2) is 23.7 Å². The highest BCUT2D eigenvalue weighted by molar-refractivity contribution is 7.99. The first-order valence-corrected chi connectivity index (χ1v) is 10.7. The van der Waals surface area contributed by atoms with Crippen molar-refractivity contribution in [3.63, 3.8) is 0 Å². The number of thioether (sulfide) groups is 1. The Morgan fingerprint density at radius 3 is 2.25 bits per heavy atom. The molecule has 0 saturated carbocycles. The molecule has 2 aromatic heterocycles. The number of hydrogen-bond donors (Lipinski definition) is 0. The van der Waals surface area contributed by atoms with E-state index in [1.165, 1.54) is 44.9 Å². The van der Waals surface area contributed by atoms with Crippen LogP contribution < -0.4 is 4.74 Å². The van der Waals surface area contributed by atoms with Crippen LogP contribution in [0.2, 0.25) is 0 Å². The highest BCUT2D eigenvalue weighted by Gasteiger charge is 2.47. The SMILES string of the molecule is CC(=O)O[C@@H]1[C@@H](OC(C)=O)[C@@H](Oc2ccc(-c3cccnc3F)nc2)SC[C@H]1OC(C)=O. The summed E-state index contributed by atoms with van der Waals surface area (Å²) in [5.74, 6) is -1.89. The molecule has 0 spiro atoms. The normalized spacial score (nSPS) is 22.5. The number of halogens is 1. The van der Waals surface area contributed by atoms with Gasteiger partial charge in [-0.3, -0.25) is 19.4 Å². The minimum Gasteiger partial charge on any atom is -0.474 e. The second-order valence-electron chi connectivity index (χ2n) is 6.84. The van der Waals surface area contributed by atoms with Crippen molar-refractivity contribution >= 4 is 29.7 Å². The number of carbonyl (C=O) groups excluding carboxylic acids is 3. The predicted molar refractivity (Wildman–Crippen MR) is 111 cm³/mol. The molecule has 0 amide bonds. The Labute approximate surface area is 187 Å². The number of carbonyl (C=O) groups is 3. The Kier molecular flexibility index (Phi) is 7.62. The Morgan fingerprint density at radius 2 is 1.66 bits per heavy atom. The predicted octanol–water partition coefficient (Wildman–Crippen LogP) is 2.53. The summed E-state index contributed by atoms with van der Waals surface area (Å²) < 4.78 is 35.8. The minimum absolute atomic E-state index is 0.239. The fraction of sp³-hybridized carbons (Fsp3) is 0.381. The fourth-order valence-electron chi connectivity index (χ4n) is 3.13. The van der Waals surface area contributed by atoms with Crippen molar-refractivity contribution in [2.24, 2.45) is 0 Å². The lowest BCUT2D eigenvalue weighted by molar-refractivity contribution is -0.186. The number of rotatable bonds is 6. The molecule has 1 aliphatic heterocycles. The lowest BCUT2D eigenvalue weighted by Gasteiger charge is -2.39. The van der Waals surface area contributed by atoms with Crippen LogP contribution in [0.4, 0.5) is 4.39 Å². The van der Waals surface area contributed by atoms with E-state index in [1.807, 2.05) is 0 Å². The van der Waals surface area contributed by atoms with Gasteiger partial charge >= 0.3 is 17.9 Å². The highest BCUT2D eigenvalue weighted by Crippen LogP contribution is 2.34. The molecule has 0 radical (unpaired) electrons. The molecule has 1 aliphatic rings. The van der Waals surface area contributed by atoms with Crippen LogP contribution in [0.15, 0.2) is 36.7 Å². The van der Waals surface area contributed by atoms with Crippen LogP contribution in [0, 0.1) is 5.95 Å². The van der Waals surface area contributed by atoms with Crippen molar-refractivity contribution in [1.29, 1.82) is 0 Å². The van der Waals surface area contributed by atoms with Crippen molar-refractivity contribution < 1.29 is 37.7 Å². The van der Waals surface area contributed by atoms with E-state index in [4.69, 9.17) is 18.9 Å².